The summed E-state index contributed by atoms with van der Waals surface area (Å²) in [6.07, 6.45) is 4.59. The minimum absolute atomic E-state index is 0.0619. The number of hydrogen-bond acceptors (Lipinski definition) is 3. The van der Waals surface area contributed by atoms with Gasteiger partial charge in [0, 0.05) is 5.92 Å². The number of hydrogen-bond donors (Lipinski definition) is 2. The molecular weight excluding hydrogens is 242 g/mol. The first-order valence-electron chi connectivity index (χ1n) is 6.21. The third kappa shape index (κ3) is 1.42. The first-order valence-corrected chi connectivity index (χ1v) is 6.21. The molecule has 1 fully saturated rings. The van der Waals surface area contributed by atoms with Crippen LogP contribution in [-0.4, -0.2) is 16.2 Å². The molecule has 0 saturated heterocycles. The number of aromatic hydroxyl groups is 1. The minimum atomic E-state index is -1.01. The van der Waals surface area contributed by atoms with Crippen LogP contribution in [0.2, 0.25) is 0 Å². The van der Waals surface area contributed by atoms with Crippen molar-refractivity contribution in [2.24, 2.45) is 17.8 Å². The number of rotatable bonds is 2. The summed E-state index contributed by atoms with van der Waals surface area (Å²) in [4.78, 5) is 11.6. The van der Waals surface area contributed by atoms with E-state index < -0.39 is 17.3 Å². The first kappa shape index (κ1) is 11.8. The van der Waals surface area contributed by atoms with Gasteiger partial charge >= 0.3 is 5.97 Å². The van der Waals surface area contributed by atoms with E-state index in [1.807, 2.05) is 12.2 Å². The average Bonchev–Trinajstić information content (AvgIpc) is 2.98. The van der Waals surface area contributed by atoms with Gasteiger partial charge in [-0.25, -0.2) is 0 Å². The molecule has 4 unspecified atom stereocenters. The number of carboxylic acid groups (broad SMARTS) is 1. The molecule has 2 aliphatic carbocycles. The van der Waals surface area contributed by atoms with Gasteiger partial charge in [-0.1, -0.05) is 24.3 Å². The zero-order chi connectivity index (χ0) is 13.6. The fraction of sp³-hybridized carbons (Fsp3) is 0.333. The van der Waals surface area contributed by atoms with Gasteiger partial charge in [0.15, 0.2) is 0 Å². The van der Waals surface area contributed by atoms with Crippen molar-refractivity contribution in [1.29, 1.82) is 5.26 Å². The summed E-state index contributed by atoms with van der Waals surface area (Å²) >= 11 is 0. The molecule has 4 atom stereocenters. The molecule has 19 heavy (non-hydrogen) atoms. The predicted octanol–water partition coefficient (Wildman–Crippen LogP) is 2.06. The van der Waals surface area contributed by atoms with Crippen molar-refractivity contribution in [3.63, 3.8) is 0 Å². The second-order valence-electron chi connectivity index (χ2n) is 5.23. The molecule has 0 aliphatic heterocycles. The Morgan fingerprint density at radius 2 is 2.00 bits per heavy atom. The third-order valence-corrected chi connectivity index (χ3v) is 4.42. The Morgan fingerprint density at radius 1 is 1.32 bits per heavy atom. The van der Waals surface area contributed by atoms with Crippen LogP contribution in [0.15, 0.2) is 36.4 Å². The monoisotopic (exact) mass is 255 g/mol. The van der Waals surface area contributed by atoms with E-state index in [1.54, 1.807) is 12.1 Å². The molecular formula is C15H13NO3. The molecule has 4 nitrogen and oxygen atoms in total. The van der Waals surface area contributed by atoms with Gasteiger partial charge in [-0.3, -0.25) is 4.79 Å². The van der Waals surface area contributed by atoms with Crippen molar-refractivity contribution < 1.29 is 15.0 Å². The van der Waals surface area contributed by atoms with E-state index >= 15 is 0 Å². The van der Waals surface area contributed by atoms with Crippen LogP contribution in [0.5, 0.6) is 5.75 Å². The molecule has 0 aromatic heterocycles. The van der Waals surface area contributed by atoms with Crippen LogP contribution in [0.4, 0.5) is 0 Å². The van der Waals surface area contributed by atoms with Crippen LogP contribution in [0.3, 0.4) is 0 Å². The average molecular weight is 255 g/mol. The molecule has 96 valence electrons. The summed E-state index contributed by atoms with van der Waals surface area (Å²) in [5.74, 6) is -1.66. The van der Waals surface area contributed by atoms with E-state index in [2.05, 4.69) is 6.07 Å². The maximum atomic E-state index is 11.6. The number of carbonyl (C=O) groups is 1. The SMILES string of the molecule is N#CC1(c2ccc(O)cc2)C2C=CC(C2)C1C(=O)O. The number of fused-ring (bicyclic) bond motifs is 2. The number of benzene rings is 1. The van der Waals surface area contributed by atoms with Crippen molar-refractivity contribution in [2.75, 3.05) is 0 Å². The summed E-state index contributed by atoms with van der Waals surface area (Å²) in [6, 6.07) is 8.58. The molecule has 2 bridgehead atoms. The van der Waals surface area contributed by atoms with Gasteiger partial charge in [-0.15, -0.1) is 0 Å². The van der Waals surface area contributed by atoms with Gasteiger partial charge in [0.05, 0.1) is 12.0 Å². The maximum Gasteiger partial charge on any atom is 0.309 e. The van der Waals surface area contributed by atoms with Crippen LogP contribution in [0, 0.1) is 29.1 Å². The van der Waals surface area contributed by atoms with Gasteiger partial charge in [0.25, 0.3) is 0 Å². The second kappa shape index (κ2) is 3.86. The fourth-order valence-corrected chi connectivity index (χ4v) is 3.61. The van der Waals surface area contributed by atoms with E-state index in [-0.39, 0.29) is 17.6 Å². The molecule has 0 spiro atoms. The highest BCUT2D eigenvalue weighted by atomic mass is 16.4. The number of phenolic OH excluding ortho intramolecular Hbond substituents is 1. The number of allylic oxidation sites excluding steroid dienone is 2. The fourth-order valence-electron chi connectivity index (χ4n) is 3.61. The number of aliphatic carboxylic acids is 1. The molecule has 0 heterocycles. The van der Waals surface area contributed by atoms with Crippen LogP contribution in [0.25, 0.3) is 0 Å². The lowest BCUT2D eigenvalue weighted by Crippen LogP contribution is -2.42. The Labute approximate surface area is 110 Å². The van der Waals surface area contributed by atoms with Crippen molar-refractivity contribution in [3.8, 4) is 11.8 Å². The molecule has 2 aliphatic rings. The highest BCUT2D eigenvalue weighted by Crippen LogP contribution is 2.57. The summed E-state index contributed by atoms with van der Waals surface area (Å²) < 4.78 is 0. The Bertz CT molecular complexity index is 599. The molecule has 0 radical (unpaired) electrons. The van der Waals surface area contributed by atoms with Crippen molar-refractivity contribution >= 4 is 5.97 Å². The highest BCUT2D eigenvalue weighted by molar-refractivity contribution is 5.76. The third-order valence-electron chi connectivity index (χ3n) is 4.42. The standard InChI is InChI=1S/C15H13NO3/c16-8-15(10-3-5-12(17)6-4-10)11-2-1-9(7-11)13(15)14(18)19/h1-6,9,11,13,17H,7H2,(H,18,19). The summed E-state index contributed by atoms with van der Waals surface area (Å²) in [6.45, 7) is 0. The lowest BCUT2D eigenvalue weighted by atomic mass is 9.65. The molecule has 0 amide bonds. The molecule has 1 saturated carbocycles. The summed E-state index contributed by atoms with van der Waals surface area (Å²) in [5.41, 5.74) is -0.337. The van der Waals surface area contributed by atoms with Crippen molar-refractivity contribution in [3.05, 3.63) is 42.0 Å². The molecule has 3 rings (SSSR count). The first-order chi connectivity index (χ1) is 9.09. The Balaban J connectivity index is 2.17. The topological polar surface area (TPSA) is 81.3 Å². The van der Waals surface area contributed by atoms with E-state index in [9.17, 15) is 20.3 Å². The molecule has 1 aromatic carbocycles. The van der Waals surface area contributed by atoms with Gasteiger partial charge in [-0.2, -0.15) is 5.26 Å². The number of nitrogens with zero attached hydrogens (tertiary/aromatic N) is 1. The van der Waals surface area contributed by atoms with Crippen molar-refractivity contribution in [1.82, 2.24) is 0 Å². The molecule has 2 N–H and O–H groups in total. The largest absolute Gasteiger partial charge is 0.508 e. The van der Waals surface area contributed by atoms with Gasteiger partial charge < -0.3 is 10.2 Å². The normalized spacial score (nSPS) is 35.2. The van der Waals surface area contributed by atoms with Crippen LogP contribution in [-0.2, 0) is 10.2 Å². The smallest absolute Gasteiger partial charge is 0.309 e. The zero-order valence-electron chi connectivity index (χ0n) is 10.2. The van der Waals surface area contributed by atoms with Gasteiger partial charge in [0.1, 0.15) is 11.2 Å². The van der Waals surface area contributed by atoms with Gasteiger partial charge in [-0.05, 0) is 30.0 Å². The predicted molar refractivity (Wildman–Crippen MR) is 67.3 cm³/mol. The maximum absolute atomic E-state index is 11.6. The molecule has 1 aromatic rings. The lowest BCUT2D eigenvalue weighted by molar-refractivity contribution is -0.144. The van der Waals surface area contributed by atoms with E-state index in [1.165, 1.54) is 12.1 Å². The quantitative estimate of drug-likeness (QED) is 0.792. The number of nitriles is 1. The van der Waals surface area contributed by atoms with E-state index in [0.717, 1.165) is 0 Å². The summed E-state index contributed by atoms with van der Waals surface area (Å²) in [7, 11) is 0. The number of phenols is 1. The zero-order valence-corrected chi connectivity index (χ0v) is 10.2. The highest BCUT2D eigenvalue weighted by Gasteiger charge is 2.60. The second-order valence-corrected chi connectivity index (χ2v) is 5.23. The van der Waals surface area contributed by atoms with Crippen LogP contribution < -0.4 is 0 Å². The Hall–Kier alpha value is -2.28. The van der Waals surface area contributed by atoms with Crippen LogP contribution in [0.1, 0.15) is 12.0 Å². The molecule has 4 heteroatoms. The summed E-state index contributed by atoms with van der Waals surface area (Å²) in [5, 5.41) is 28.5. The van der Waals surface area contributed by atoms with E-state index in [0.29, 0.717) is 12.0 Å². The Kier molecular flexibility index (Phi) is 2.39. The number of carboxylic acids is 1. The Morgan fingerprint density at radius 3 is 2.58 bits per heavy atom. The minimum Gasteiger partial charge on any atom is -0.508 e. The lowest BCUT2D eigenvalue weighted by Gasteiger charge is -2.34. The van der Waals surface area contributed by atoms with E-state index in [4.69, 9.17) is 0 Å². The van der Waals surface area contributed by atoms with Crippen molar-refractivity contribution in [2.45, 2.75) is 11.8 Å². The van der Waals surface area contributed by atoms with Crippen LogP contribution >= 0.6 is 0 Å². The van der Waals surface area contributed by atoms with Gasteiger partial charge in [0.2, 0.25) is 0 Å².